The SMILES string of the molecule is CCC(C)C1c2ccccc2C(=O)N1c1ccccc1. The highest BCUT2D eigenvalue weighted by molar-refractivity contribution is 6.11. The third kappa shape index (κ3) is 1.92. The number of hydrogen-bond donors (Lipinski definition) is 0. The average Bonchev–Trinajstić information content (AvgIpc) is 2.81. The van der Waals surface area contributed by atoms with Crippen LogP contribution in [0.2, 0.25) is 0 Å². The molecule has 1 aliphatic heterocycles. The van der Waals surface area contributed by atoms with Crippen LogP contribution in [0.15, 0.2) is 54.6 Å². The maximum Gasteiger partial charge on any atom is 0.259 e. The van der Waals surface area contributed by atoms with Crippen molar-refractivity contribution in [3.63, 3.8) is 0 Å². The van der Waals surface area contributed by atoms with Crippen LogP contribution in [0.25, 0.3) is 0 Å². The molecule has 20 heavy (non-hydrogen) atoms. The summed E-state index contributed by atoms with van der Waals surface area (Å²) in [6, 6.07) is 18.1. The molecule has 2 unspecified atom stereocenters. The Labute approximate surface area is 120 Å². The van der Waals surface area contributed by atoms with Gasteiger partial charge in [-0.1, -0.05) is 56.7 Å². The molecule has 2 atom stereocenters. The molecule has 0 N–H and O–H groups in total. The number of para-hydroxylation sites is 1. The summed E-state index contributed by atoms with van der Waals surface area (Å²) >= 11 is 0. The van der Waals surface area contributed by atoms with Crippen molar-refractivity contribution in [1.82, 2.24) is 0 Å². The van der Waals surface area contributed by atoms with E-state index >= 15 is 0 Å². The summed E-state index contributed by atoms with van der Waals surface area (Å²) < 4.78 is 0. The number of anilines is 1. The van der Waals surface area contributed by atoms with Crippen LogP contribution in [0.4, 0.5) is 5.69 Å². The molecule has 2 nitrogen and oxygen atoms in total. The molecule has 0 spiro atoms. The summed E-state index contributed by atoms with van der Waals surface area (Å²) in [5.41, 5.74) is 3.00. The second-order valence-electron chi connectivity index (χ2n) is 5.43. The Bertz CT molecular complexity index is 620. The maximum atomic E-state index is 12.8. The summed E-state index contributed by atoms with van der Waals surface area (Å²) in [5.74, 6) is 0.555. The monoisotopic (exact) mass is 265 g/mol. The number of benzene rings is 2. The second-order valence-corrected chi connectivity index (χ2v) is 5.43. The van der Waals surface area contributed by atoms with E-state index in [0.29, 0.717) is 5.92 Å². The van der Waals surface area contributed by atoms with Gasteiger partial charge in [-0.05, 0) is 29.7 Å². The third-order valence-electron chi connectivity index (χ3n) is 4.22. The Morgan fingerprint density at radius 3 is 2.40 bits per heavy atom. The number of rotatable bonds is 3. The van der Waals surface area contributed by atoms with Gasteiger partial charge in [0.15, 0.2) is 0 Å². The minimum Gasteiger partial charge on any atom is -0.301 e. The van der Waals surface area contributed by atoms with Crippen LogP contribution in [-0.4, -0.2) is 5.91 Å². The van der Waals surface area contributed by atoms with E-state index in [0.717, 1.165) is 23.2 Å². The molecule has 0 radical (unpaired) electrons. The Morgan fingerprint density at radius 2 is 1.70 bits per heavy atom. The van der Waals surface area contributed by atoms with Crippen LogP contribution >= 0.6 is 0 Å². The van der Waals surface area contributed by atoms with Crippen LogP contribution in [-0.2, 0) is 0 Å². The first-order valence-electron chi connectivity index (χ1n) is 7.21. The lowest BCUT2D eigenvalue weighted by Gasteiger charge is -2.29. The van der Waals surface area contributed by atoms with E-state index in [4.69, 9.17) is 0 Å². The number of fused-ring (bicyclic) bond motifs is 1. The highest BCUT2D eigenvalue weighted by Gasteiger charge is 2.39. The van der Waals surface area contributed by atoms with Crippen molar-refractivity contribution in [1.29, 1.82) is 0 Å². The van der Waals surface area contributed by atoms with Gasteiger partial charge in [0, 0.05) is 11.3 Å². The minimum atomic E-state index is 0.122. The molecular formula is C18H19NO. The van der Waals surface area contributed by atoms with Crippen molar-refractivity contribution in [3.8, 4) is 0 Å². The lowest BCUT2D eigenvalue weighted by atomic mass is 9.92. The van der Waals surface area contributed by atoms with Crippen molar-refractivity contribution in [3.05, 3.63) is 65.7 Å². The summed E-state index contributed by atoms with van der Waals surface area (Å²) in [5, 5.41) is 0. The number of amides is 1. The molecule has 0 fully saturated rings. The summed E-state index contributed by atoms with van der Waals surface area (Å²) in [6.45, 7) is 4.40. The molecule has 0 saturated carbocycles. The normalized spacial score (nSPS) is 19.0. The van der Waals surface area contributed by atoms with Gasteiger partial charge in [-0.15, -0.1) is 0 Å². The fourth-order valence-electron chi connectivity index (χ4n) is 3.00. The first kappa shape index (κ1) is 12.9. The third-order valence-corrected chi connectivity index (χ3v) is 4.22. The minimum absolute atomic E-state index is 0.122. The highest BCUT2D eigenvalue weighted by atomic mass is 16.2. The standard InChI is InChI=1S/C18H19NO/c1-3-13(2)17-15-11-7-8-12-16(15)18(20)19(17)14-9-5-4-6-10-14/h4-13,17H,3H2,1-2H3. The smallest absolute Gasteiger partial charge is 0.259 e. The van der Waals surface area contributed by atoms with Gasteiger partial charge >= 0.3 is 0 Å². The van der Waals surface area contributed by atoms with Crippen LogP contribution < -0.4 is 4.90 Å². The molecule has 1 heterocycles. The Balaban J connectivity index is 2.12. The number of carbonyl (C=O) groups excluding carboxylic acids is 1. The van der Waals surface area contributed by atoms with Crippen molar-refractivity contribution < 1.29 is 4.79 Å². The molecular weight excluding hydrogens is 246 g/mol. The summed E-state index contributed by atoms with van der Waals surface area (Å²) in [7, 11) is 0. The van der Waals surface area contributed by atoms with E-state index in [2.05, 4.69) is 19.9 Å². The van der Waals surface area contributed by atoms with Gasteiger partial charge in [0.05, 0.1) is 6.04 Å². The first-order valence-corrected chi connectivity index (χ1v) is 7.21. The lowest BCUT2D eigenvalue weighted by molar-refractivity contribution is 0.0986. The topological polar surface area (TPSA) is 20.3 Å². The zero-order valence-electron chi connectivity index (χ0n) is 11.9. The quantitative estimate of drug-likeness (QED) is 0.803. The summed E-state index contributed by atoms with van der Waals surface area (Å²) in [6.07, 6.45) is 1.05. The number of nitrogens with zero attached hydrogens (tertiary/aromatic N) is 1. The molecule has 0 bridgehead atoms. The van der Waals surface area contributed by atoms with Gasteiger partial charge in [0.2, 0.25) is 0 Å². The number of hydrogen-bond acceptors (Lipinski definition) is 1. The van der Waals surface area contributed by atoms with Gasteiger partial charge in [-0.3, -0.25) is 4.79 Å². The van der Waals surface area contributed by atoms with E-state index in [9.17, 15) is 4.79 Å². The molecule has 0 aromatic heterocycles. The van der Waals surface area contributed by atoms with Gasteiger partial charge in [0.1, 0.15) is 0 Å². The van der Waals surface area contributed by atoms with E-state index in [1.807, 2.05) is 53.4 Å². The van der Waals surface area contributed by atoms with Crippen molar-refractivity contribution in [2.75, 3.05) is 4.90 Å². The van der Waals surface area contributed by atoms with Crippen molar-refractivity contribution in [2.45, 2.75) is 26.3 Å². The van der Waals surface area contributed by atoms with E-state index in [1.54, 1.807) is 0 Å². The van der Waals surface area contributed by atoms with E-state index in [1.165, 1.54) is 0 Å². The lowest BCUT2D eigenvalue weighted by Crippen LogP contribution is -2.31. The Morgan fingerprint density at radius 1 is 1.05 bits per heavy atom. The van der Waals surface area contributed by atoms with Crippen LogP contribution in [0.3, 0.4) is 0 Å². The van der Waals surface area contributed by atoms with Crippen molar-refractivity contribution >= 4 is 11.6 Å². The zero-order valence-corrected chi connectivity index (χ0v) is 11.9. The van der Waals surface area contributed by atoms with Crippen LogP contribution in [0, 0.1) is 5.92 Å². The van der Waals surface area contributed by atoms with Gasteiger partial charge < -0.3 is 4.90 Å². The zero-order chi connectivity index (χ0) is 14.1. The van der Waals surface area contributed by atoms with E-state index < -0.39 is 0 Å². The first-order chi connectivity index (χ1) is 9.74. The second kappa shape index (κ2) is 5.12. The molecule has 102 valence electrons. The van der Waals surface area contributed by atoms with Crippen LogP contribution in [0.5, 0.6) is 0 Å². The Hall–Kier alpha value is -2.09. The fourth-order valence-corrected chi connectivity index (χ4v) is 3.00. The fraction of sp³-hybridized carbons (Fsp3) is 0.278. The van der Waals surface area contributed by atoms with Gasteiger partial charge in [-0.25, -0.2) is 0 Å². The largest absolute Gasteiger partial charge is 0.301 e. The summed E-state index contributed by atoms with van der Waals surface area (Å²) in [4.78, 5) is 14.7. The van der Waals surface area contributed by atoms with Crippen LogP contribution in [0.1, 0.15) is 42.2 Å². The predicted octanol–water partition coefficient (Wildman–Crippen LogP) is 4.43. The van der Waals surface area contributed by atoms with Gasteiger partial charge in [0.25, 0.3) is 5.91 Å². The molecule has 0 saturated heterocycles. The molecule has 0 aliphatic carbocycles. The predicted molar refractivity (Wildman–Crippen MR) is 81.9 cm³/mol. The maximum absolute atomic E-state index is 12.8. The average molecular weight is 265 g/mol. The van der Waals surface area contributed by atoms with Gasteiger partial charge in [-0.2, -0.15) is 0 Å². The molecule has 1 amide bonds. The Kier molecular flexibility index (Phi) is 3.31. The number of carbonyl (C=O) groups is 1. The van der Waals surface area contributed by atoms with Crippen molar-refractivity contribution in [2.24, 2.45) is 5.92 Å². The molecule has 1 aliphatic rings. The molecule has 3 rings (SSSR count). The molecule has 2 heteroatoms. The highest BCUT2D eigenvalue weighted by Crippen LogP contribution is 2.42. The molecule has 2 aromatic carbocycles. The molecule has 2 aromatic rings. The van der Waals surface area contributed by atoms with E-state index in [-0.39, 0.29) is 11.9 Å².